The molecule has 1 aromatic carbocycles. The fourth-order valence-electron chi connectivity index (χ4n) is 2.16. The smallest absolute Gasteiger partial charge is 0.333 e. The molecule has 0 aliphatic carbocycles. The van der Waals surface area contributed by atoms with Gasteiger partial charge in [0.15, 0.2) is 0 Å². The number of ether oxygens (including phenoxy) is 1. The van der Waals surface area contributed by atoms with Crippen LogP contribution in [0.5, 0.6) is 0 Å². The lowest BCUT2D eigenvalue weighted by Gasteiger charge is -2.15. The highest BCUT2D eigenvalue weighted by Crippen LogP contribution is 2.26. The van der Waals surface area contributed by atoms with Crippen molar-refractivity contribution in [2.45, 2.75) is 40.0 Å². The Labute approximate surface area is 126 Å². The topological polar surface area (TPSA) is 69.4 Å². The molecule has 0 spiro atoms. The van der Waals surface area contributed by atoms with Crippen molar-refractivity contribution in [3.8, 4) is 0 Å². The molecule has 1 aromatic rings. The van der Waals surface area contributed by atoms with E-state index in [4.69, 9.17) is 10.5 Å². The first-order chi connectivity index (χ1) is 9.92. The number of rotatable bonds is 6. The summed E-state index contributed by atoms with van der Waals surface area (Å²) >= 11 is 0. The predicted molar refractivity (Wildman–Crippen MR) is 83.9 cm³/mol. The third-order valence-corrected chi connectivity index (χ3v) is 3.49. The number of carbonyl (C=O) groups excluding carboxylic acids is 2. The van der Waals surface area contributed by atoms with Gasteiger partial charge in [0, 0.05) is 11.1 Å². The average molecular weight is 289 g/mol. The van der Waals surface area contributed by atoms with E-state index in [1.165, 1.54) is 0 Å². The molecule has 4 nitrogen and oxygen atoms in total. The quantitative estimate of drug-likeness (QED) is 0.645. The van der Waals surface area contributed by atoms with E-state index in [0.717, 1.165) is 12.0 Å². The third kappa shape index (κ3) is 4.18. The summed E-state index contributed by atoms with van der Waals surface area (Å²) in [4.78, 5) is 23.5. The lowest BCUT2D eigenvalue weighted by Crippen LogP contribution is -2.17. The van der Waals surface area contributed by atoms with Crippen molar-refractivity contribution in [3.05, 3.63) is 40.5 Å². The third-order valence-electron chi connectivity index (χ3n) is 3.49. The van der Waals surface area contributed by atoms with E-state index >= 15 is 0 Å². The van der Waals surface area contributed by atoms with Gasteiger partial charge in [-0.25, -0.2) is 4.79 Å². The molecule has 1 atom stereocenters. The molecule has 0 saturated carbocycles. The molecule has 0 aliphatic heterocycles. The Morgan fingerprint density at radius 3 is 2.52 bits per heavy atom. The Hall–Kier alpha value is -2.10. The average Bonchev–Trinajstić information content (AvgIpc) is 2.46. The number of esters is 1. The SMILES string of the molecule is CCOC(=O)C(C)=Cc1cccc(C(C)CC)c1C(N)=O. The van der Waals surface area contributed by atoms with Crippen molar-refractivity contribution in [1.29, 1.82) is 0 Å². The van der Waals surface area contributed by atoms with Crippen molar-refractivity contribution in [2.24, 2.45) is 5.73 Å². The van der Waals surface area contributed by atoms with Gasteiger partial charge in [0.25, 0.3) is 0 Å². The summed E-state index contributed by atoms with van der Waals surface area (Å²) in [7, 11) is 0. The minimum atomic E-state index is -0.478. The highest BCUT2D eigenvalue weighted by molar-refractivity contribution is 6.01. The molecule has 1 rings (SSSR count). The Morgan fingerprint density at radius 1 is 1.33 bits per heavy atom. The molecule has 0 fully saturated rings. The number of primary amides is 1. The minimum absolute atomic E-state index is 0.226. The van der Waals surface area contributed by atoms with E-state index in [0.29, 0.717) is 23.3 Å². The van der Waals surface area contributed by atoms with Gasteiger partial charge < -0.3 is 10.5 Å². The Morgan fingerprint density at radius 2 is 2.00 bits per heavy atom. The van der Waals surface area contributed by atoms with E-state index < -0.39 is 5.91 Å². The second kappa shape index (κ2) is 7.62. The maximum Gasteiger partial charge on any atom is 0.333 e. The molecule has 1 amide bonds. The van der Waals surface area contributed by atoms with E-state index in [2.05, 4.69) is 6.92 Å². The van der Waals surface area contributed by atoms with E-state index in [-0.39, 0.29) is 11.9 Å². The van der Waals surface area contributed by atoms with Gasteiger partial charge in [-0.2, -0.15) is 0 Å². The van der Waals surface area contributed by atoms with Crippen molar-refractivity contribution in [2.75, 3.05) is 6.61 Å². The largest absolute Gasteiger partial charge is 0.463 e. The van der Waals surface area contributed by atoms with Crippen LogP contribution >= 0.6 is 0 Å². The van der Waals surface area contributed by atoms with Gasteiger partial charge in [0.1, 0.15) is 0 Å². The van der Waals surface area contributed by atoms with Gasteiger partial charge in [0.05, 0.1) is 6.61 Å². The molecular formula is C17H23NO3. The van der Waals surface area contributed by atoms with Gasteiger partial charge in [-0.15, -0.1) is 0 Å². The van der Waals surface area contributed by atoms with E-state index in [9.17, 15) is 9.59 Å². The summed E-state index contributed by atoms with van der Waals surface area (Å²) in [5.41, 5.74) is 8.03. The molecule has 0 heterocycles. The van der Waals surface area contributed by atoms with Crippen LogP contribution in [-0.2, 0) is 9.53 Å². The molecule has 4 heteroatoms. The normalized spacial score (nSPS) is 12.9. The predicted octanol–water partition coefficient (Wildman–Crippen LogP) is 3.27. The highest BCUT2D eigenvalue weighted by atomic mass is 16.5. The first-order valence-corrected chi connectivity index (χ1v) is 7.20. The lowest BCUT2D eigenvalue weighted by atomic mass is 9.89. The van der Waals surface area contributed by atoms with E-state index in [1.807, 2.05) is 19.1 Å². The molecular weight excluding hydrogens is 266 g/mol. The molecule has 0 bridgehead atoms. The number of hydrogen-bond donors (Lipinski definition) is 1. The number of amides is 1. The summed E-state index contributed by atoms with van der Waals surface area (Å²) in [6, 6.07) is 5.57. The van der Waals surface area contributed by atoms with Crippen molar-refractivity contribution in [1.82, 2.24) is 0 Å². The van der Waals surface area contributed by atoms with Gasteiger partial charge in [-0.1, -0.05) is 32.0 Å². The van der Waals surface area contributed by atoms with Crippen LogP contribution in [0.1, 0.15) is 61.5 Å². The van der Waals surface area contributed by atoms with Crippen molar-refractivity contribution < 1.29 is 14.3 Å². The zero-order chi connectivity index (χ0) is 16.0. The monoisotopic (exact) mass is 289 g/mol. The van der Waals surface area contributed by atoms with Gasteiger partial charge >= 0.3 is 5.97 Å². The molecule has 114 valence electrons. The number of hydrogen-bond acceptors (Lipinski definition) is 3. The standard InChI is InChI=1S/C17H23NO3/c1-5-11(3)14-9-7-8-13(15(14)16(18)19)10-12(4)17(20)21-6-2/h7-11H,5-6H2,1-4H3,(H2,18,19). The fourth-order valence-corrected chi connectivity index (χ4v) is 2.16. The first-order valence-electron chi connectivity index (χ1n) is 7.20. The fraction of sp³-hybridized carbons (Fsp3) is 0.412. The molecule has 0 saturated heterocycles. The maximum absolute atomic E-state index is 11.8. The van der Waals surface area contributed by atoms with Crippen LogP contribution in [0.4, 0.5) is 0 Å². The summed E-state index contributed by atoms with van der Waals surface area (Å²) < 4.78 is 4.95. The molecule has 0 aromatic heterocycles. The Balaban J connectivity index is 3.33. The van der Waals surface area contributed by atoms with Crippen LogP contribution in [-0.4, -0.2) is 18.5 Å². The zero-order valence-electron chi connectivity index (χ0n) is 13.1. The van der Waals surface area contributed by atoms with E-state index in [1.54, 1.807) is 26.0 Å². The van der Waals surface area contributed by atoms with Crippen LogP contribution in [0.3, 0.4) is 0 Å². The van der Waals surface area contributed by atoms with Crippen LogP contribution in [0, 0.1) is 0 Å². The van der Waals surface area contributed by atoms with Gasteiger partial charge in [-0.05, 0) is 43.4 Å². The molecule has 2 N–H and O–H groups in total. The summed E-state index contributed by atoms with van der Waals surface area (Å²) in [6.07, 6.45) is 2.56. The summed E-state index contributed by atoms with van der Waals surface area (Å²) in [5, 5.41) is 0. The summed E-state index contributed by atoms with van der Waals surface area (Å²) in [6.45, 7) is 7.84. The molecule has 1 unspecified atom stereocenters. The maximum atomic E-state index is 11.8. The zero-order valence-corrected chi connectivity index (χ0v) is 13.1. The second-order valence-electron chi connectivity index (χ2n) is 5.03. The lowest BCUT2D eigenvalue weighted by molar-refractivity contribution is -0.138. The van der Waals surface area contributed by atoms with Crippen LogP contribution in [0.15, 0.2) is 23.8 Å². The Bertz CT molecular complexity index is 561. The summed E-state index contributed by atoms with van der Waals surface area (Å²) in [5.74, 6) is -0.639. The number of nitrogens with two attached hydrogens (primary N) is 1. The van der Waals surface area contributed by atoms with Crippen molar-refractivity contribution >= 4 is 18.0 Å². The van der Waals surface area contributed by atoms with Crippen LogP contribution < -0.4 is 5.73 Å². The molecule has 21 heavy (non-hydrogen) atoms. The number of carbonyl (C=O) groups is 2. The second-order valence-corrected chi connectivity index (χ2v) is 5.03. The van der Waals surface area contributed by atoms with Gasteiger partial charge in [0.2, 0.25) is 5.91 Å². The highest BCUT2D eigenvalue weighted by Gasteiger charge is 2.17. The minimum Gasteiger partial charge on any atom is -0.463 e. The Kier molecular flexibility index (Phi) is 6.15. The van der Waals surface area contributed by atoms with Crippen LogP contribution in [0.25, 0.3) is 6.08 Å². The number of benzene rings is 1. The molecule has 0 radical (unpaired) electrons. The van der Waals surface area contributed by atoms with Crippen LogP contribution in [0.2, 0.25) is 0 Å². The molecule has 0 aliphatic rings. The van der Waals surface area contributed by atoms with Crippen molar-refractivity contribution in [3.63, 3.8) is 0 Å². The first kappa shape index (κ1) is 17.0. The van der Waals surface area contributed by atoms with Gasteiger partial charge in [-0.3, -0.25) is 4.79 Å².